The Labute approximate surface area is 178 Å². The molecule has 4 aromatic rings. The van der Waals surface area contributed by atoms with E-state index in [9.17, 15) is 4.79 Å². The number of aromatic nitrogens is 5. The predicted octanol–water partition coefficient (Wildman–Crippen LogP) is 3.93. The van der Waals surface area contributed by atoms with Gasteiger partial charge in [0.05, 0.1) is 34.7 Å². The summed E-state index contributed by atoms with van der Waals surface area (Å²) in [5, 5.41) is 9.30. The molecule has 2 aromatic heterocycles. The lowest BCUT2D eigenvalue weighted by molar-refractivity contribution is 0.0598. The molecule has 7 nitrogen and oxygen atoms in total. The van der Waals surface area contributed by atoms with E-state index in [2.05, 4.69) is 20.2 Å². The number of fused-ring (bicyclic) bond motifs is 1. The molecule has 30 heavy (non-hydrogen) atoms. The summed E-state index contributed by atoms with van der Waals surface area (Å²) in [6.45, 7) is 0.673. The van der Waals surface area contributed by atoms with Crippen LogP contribution in [0.15, 0.2) is 66.1 Å². The van der Waals surface area contributed by atoms with Crippen LogP contribution in [0, 0.1) is 0 Å². The summed E-state index contributed by atoms with van der Waals surface area (Å²) in [6.07, 6.45) is 6.53. The van der Waals surface area contributed by atoms with Gasteiger partial charge >= 0.3 is 0 Å². The van der Waals surface area contributed by atoms with Crippen molar-refractivity contribution in [3.05, 3.63) is 66.5 Å². The second kappa shape index (κ2) is 8.31. The van der Waals surface area contributed by atoms with Crippen LogP contribution in [0.3, 0.4) is 0 Å². The summed E-state index contributed by atoms with van der Waals surface area (Å²) in [5.41, 5.74) is 3.34. The average Bonchev–Trinajstić information content (AvgIpc) is 3.41. The van der Waals surface area contributed by atoms with Gasteiger partial charge in [-0.05, 0) is 43.5 Å². The second-order valence-corrected chi connectivity index (χ2v) is 8.41. The van der Waals surface area contributed by atoms with Crippen LogP contribution >= 0.6 is 11.8 Å². The molecule has 1 amide bonds. The van der Waals surface area contributed by atoms with Gasteiger partial charge in [0, 0.05) is 18.3 Å². The number of aromatic amines is 1. The monoisotopic (exact) mass is 418 g/mol. The van der Waals surface area contributed by atoms with E-state index in [0.717, 1.165) is 34.8 Å². The Kier molecular flexibility index (Phi) is 5.23. The molecule has 5 rings (SSSR count). The van der Waals surface area contributed by atoms with Crippen LogP contribution in [0.2, 0.25) is 0 Å². The van der Waals surface area contributed by atoms with Crippen molar-refractivity contribution >= 4 is 28.7 Å². The normalized spacial score (nSPS) is 14.0. The summed E-state index contributed by atoms with van der Waals surface area (Å²) in [6, 6.07) is 15.8. The lowest BCUT2D eigenvalue weighted by Gasteiger charge is -2.37. The van der Waals surface area contributed by atoms with E-state index in [0.29, 0.717) is 23.8 Å². The molecule has 1 aliphatic rings. The van der Waals surface area contributed by atoms with Gasteiger partial charge in [-0.1, -0.05) is 36.0 Å². The fraction of sp³-hybridized carbons (Fsp3) is 0.273. The Balaban J connectivity index is 1.33. The number of nitrogens with one attached hydrogen (secondary N) is 1. The first-order chi connectivity index (χ1) is 14.8. The molecule has 2 heterocycles. The third kappa shape index (κ3) is 3.70. The van der Waals surface area contributed by atoms with Crippen molar-refractivity contribution in [3.63, 3.8) is 0 Å². The van der Waals surface area contributed by atoms with Crippen molar-refractivity contribution in [2.24, 2.45) is 0 Å². The topological polar surface area (TPSA) is 79.7 Å². The smallest absolute Gasteiger partial charge is 0.256 e. The number of hydrogen-bond acceptors (Lipinski definition) is 5. The zero-order chi connectivity index (χ0) is 20.3. The quantitative estimate of drug-likeness (QED) is 0.460. The minimum absolute atomic E-state index is 0.0396. The first-order valence-electron chi connectivity index (χ1n) is 10.1. The zero-order valence-corrected chi connectivity index (χ0v) is 17.3. The second-order valence-electron chi connectivity index (χ2n) is 7.33. The maximum absolute atomic E-state index is 13.5. The number of carbonyl (C=O) groups excluding carboxylic acids is 1. The van der Waals surface area contributed by atoms with Gasteiger partial charge in [0.15, 0.2) is 5.16 Å². The molecule has 2 aromatic carbocycles. The Morgan fingerprint density at radius 1 is 1.10 bits per heavy atom. The summed E-state index contributed by atoms with van der Waals surface area (Å²) in [7, 11) is 0. The fourth-order valence-corrected chi connectivity index (χ4v) is 4.54. The Bertz CT molecular complexity index is 1120. The van der Waals surface area contributed by atoms with Gasteiger partial charge in [-0.15, -0.1) is 0 Å². The van der Waals surface area contributed by atoms with Gasteiger partial charge in [0.1, 0.15) is 0 Å². The average molecular weight is 419 g/mol. The Morgan fingerprint density at radius 3 is 2.63 bits per heavy atom. The first-order valence-corrected chi connectivity index (χ1v) is 11.1. The highest BCUT2D eigenvalue weighted by atomic mass is 32.2. The minimum Gasteiger partial charge on any atom is -0.335 e. The van der Waals surface area contributed by atoms with E-state index in [1.54, 1.807) is 24.2 Å². The van der Waals surface area contributed by atoms with Crippen molar-refractivity contribution in [2.75, 3.05) is 12.3 Å². The molecule has 0 unspecified atom stereocenters. The maximum Gasteiger partial charge on any atom is 0.256 e. The standard InChI is InChI=1S/C22H22N6OS/c29-21(17-8-1-4-11-20(17)28-23-12-13-24-28)27(16-6-5-7-16)14-15-30-22-25-18-9-2-3-10-19(18)26-22/h1-4,8-13,16H,5-7,14-15H2,(H,25,26). The first kappa shape index (κ1) is 18.9. The summed E-state index contributed by atoms with van der Waals surface area (Å²) >= 11 is 1.65. The Hall–Kier alpha value is -3.13. The minimum atomic E-state index is 0.0396. The van der Waals surface area contributed by atoms with Crippen LogP contribution < -0.4 is 0 Å². The van der Waals surface area contributed by atoms with Gasteiger partial charge in [-0.2, -0.15) is 15.0 Å². The van der Waals surface area contributed by atoms with E-state index in [1.165, 1.54) is 11.2 Å². The highest BCUT2D eigenvalue weighted by Gasteiger charge is 2.30. The van der Waals surface area contributed by atoms with E-state index < -0.39 is 0 Å². The molecule has 1 N–H and O–H groups in total. The summed E-state index contributed by atoms with van der Waals surface area (Å²) < 4.78 is 0. The van der Waals surface area contributed by atoms with E-state index in [-0.39, 0.29) is 5.91 Å². The number of amides is 1. The molecule has 1 fully saturated rings. The SMILES string of the molecule is O=C(c1ccccc1-n1nccn1)N(CCSc1nc2ccccc2[nH]1)C1CCC1. The van der Waals surface area contributed by atoms with Crippen molar-refractivity contribution in [3.8, 4) is 5.69 Å². The fourth-order valence-electron chi connectivity index (χ4n) is 3.71. The molecule has 0 atom stereocenters. The molecule has 0 spiro atoms. The zero-order valence-electron chi connectivity index (χ0n) is 16.4. The van der Waals surface area contributed by atoms with Crippen LogP contribution in [0.4, 0.5) is 0 Å². The molecule has 152 valence electrons. The predicted molar refractivity (Wildman–Crippen MR) is 117 cm³/mol. The van der Waals surface area contributed by atoms with Crippen LogP contribution in [0.25, 0.3) is 16.7 Å². The lowest BCUT2D eigenvalue weighted by atomic mass is 9.91. The number of rotatable bonds is 7. The van der Waals surface area contributed by atoms with E-state index >= 15 is 0 Å². The van der Waals surface area contributed by atoms with Crippen molar-refractivity contribution in [2.45, 2.75) is 30.5 Å². The third-order valence-electron chi connectivity index (χ3n) is 5.48. The van der Waals surface area contributed by atoms with Crippen LogP contribution in [0.5, 0.6) is 0 Å². The van der Waals surface area contributed by atoms with Gasteiger partial charge in [-0.3, -0.25) is 4.79 Å². The number of benzene rings is 2. The van der Waals surface area contributed by atoms with Crippen LogP contribution in [-0.4, -0.2) is 54.1 Å². The summed E-state index contributed by atoms with van der Waals surface area (Å²) in [5.74, 6) is 0.822. The molecule has 1 aliphatic carbocycles. The number of hydrogen-bond donors (Lipinski definition) is 1. The number of carbonyl (C=O) groups is 1. The molecular formula is C22H22N6OS. The van der Waals surface area contributed by atoms with Crippen LogP contribution in [-0.2, 0) is 0 Å². The van der Waals surface area contributed by atoms with Crippen molar-refractivity contribution in [1.29, 1.82) is 0 Å². The number of H-pyrrole nitrogens is 1. The van der Waals surface area contributed by atoms with Crippen molar-refractivity contribution in [1.82, 2.24) is 29.9 Å². The number of nitrogens with zero attached hydrogens (tertiary/aromatic N) is 5. The molecule has 1 saturated carbocycles. The highest BCUT2D eigenvalue weighted by Crippen LogP contribution is 2.28. The lowest BCUT2D eigenvalue weighted by Crippen LogP contribution is -2.45. The molecule has 0 aliphatic heterocycles. The number of para-hydroxylation sites is 3. The van der Waals surface area contributed by atoms with Gasteiger partial charge in [0.2, 0.25) is 0 Å². The van der Waals surface area contributed by atoms with Gasteiger partial charge in [-0.25, -0.2) is 4.98 Å². The summed E-state index contributed by atoms with van der Waals surface area (Å²) in [4.78, 5) is 25.0. The van der Waals surface area contributed by atoms with E-state index in [1.807, 2.05) is 53.4 Å². The van der Waals surface area contributed by atoms with Crippen molar-refractivity contribution < 1.29 is 4.79 Å². The van der Waals surface area contributed by atoms with Crippen LogP contribution in [0.1, 0.15) is 29.6 Å². The molecule has 0 radical (unpaired) electrons. The highest BCUT2D eigenvalue weighted by molar-refractivity contribution is 7.99. The maximum atomic E-state index is 13.5. The third-order valence-corrected chi connectivity index (χ3v) is 6.34. The molecule has 8 heteroatoms. The largest absolute Gasteiger partial charge is 0.335 e. The van der Waals surface area contributed by atoms with Gasteiger partial charge in [0.25, 0.3) is 5.91 Å². The number of imidazole rings is 1. The Morgan fingerprint density at radius 2 is 1.87 bits per heavy atom. The van der Waals surface area contributed by atoms with E-state index in [4.69, 9.17) is 0 Å². The molecule has 0 bridgehead atoms. The van der Waals surface area contributed by atoms with Gasteiger partial charge < -0.3 is 9.88 Å². The number of thioether (sulfide) groups is 1. The molecule has 0 saturated heterocycles. The molecular weight excluding hydrogens is 396 g/mol.